The van der Waals surface area contributed by atoms with E-state index in [2.05, 4.69) is 0 Å². The van der Waals surface area contributed by atoms with Gasteiger partial charge in [0, 0.05) is 27.2 Å². The summed E-state index contributed by atoms with van der Waals surface area (Å²) in [6.07, 6.45) is 1.42. The third-order valence-electron chi connectivity index (χ3n) is 6.20. The minimum atomic E-state index is -0.770. The van der Waals surface area contributed by atoms with Gasteiger partial charge >= 0.3 is 6.03 Å². The third kappa shape index (κ3) is 5.43. The molecule has 1 heterocycles. The zero-order chi connectivity index (χ0) is 28.2. The summed E-state index contributed by atoms with van der Waals surface area (Å²) in [6, 6.07) is 26.2. The average Bonchev–Trinajstić information content (AvgIpc) is 2.96. The van der Waals surface area contributed by atoms with Crippen LogP contribution in [0.4, 0.5) is 16.2 Å². The Labute approximate surface area is 240 Å². The maximum atomic E-state index is 13.7. The molecule has 1 saturated heterocycles. The Morgan fingerprint density at radius 2 is 1.35 bits per heavy atom. The fraction of sp³-hybridized carbons (Fsp3) is 0.0645. The van der Waals surface area contributed by atoms with E-state index in [1.807, 2.05) is 0 Å². The van der Waals surface area contributed by atoms with Gasteiger partial charge in [-0.15, -0.1) is 0 Å². The number of anilines is 2. The van der Waals surface area contributed by atoms with Gasteiger partial charge in [-0.05, 0) is 54.6 Å². The first-order valence-electron chi connectivity index (χ1n) is 12.2. The summed E-state index contributed by atoms with van der Waals surface area (Å²) in [5.41, 5.74) is 1.57. The molecule has 0 aliphatic carbocycles. The highest BCUT2D eigenvalue weighted by atomic mass is 35.5. The summed E-state index contributed by atoms with van der Waals surface area (Å²) in [4.78, 5) is 42.9. The average molecular weight is 573 g/mol. The molecule has 40 heavy (non-hydrogen) atoms. The van der Waals surface area contributed by atoms with Gasteiger partial charge in [0.1, 0.15) is 23.7 Å². The number of para-hydroxylation sites is 2. The quantitative estimate of drug-likeness (QED) is 0.173. The van der Waals surface area contributed by atoms with Crippen molar-refractivity contribution in [2.75, 3.05) is 16.9 Å². The Kier molecular flexibility index (Phi) is 7.86. The molecule has 0 spiro atoms. The van der Waals surface area contributed by atoms with Crippen molar-refractivity contribution >= 4 is 58.5 Å². The molecule has 7 nitrogen and oxygen atoms in total. The number of benzene rings is 4. The number of hydrogen-bond donors (Lipinski definition) is 0. The number of nitrogens with zero attached hydrogens (tertiary/aromatic N) is 2. The number of carbonyl (C=O) groups is 3. The smallest absolute Gasteiger partial charge is 0.343 e. The fourth-order valence-electron chi connectivity index (χ4n) is 4.17. The van der Waals surface area contributed by atoms with Crippen LogP contribution in [0, 0.1) is 0 Å². The molecule has 1 aliphatic heterocycles. The van der Waals surface area contributed by atoms with Crippen LogP contribution in [0.3, 0.4) is 0 Å². The molecule has 0 N–H and O–H groups in total. The monoisotopic (exact) mass is 572 g/mol. The van der Waals surface area contributed by atoms with Gasteiger partial charge in [0.2, 0.25) is 0 Å². The van der Waals surface area contributed by atoms with E-state index in [-0.39, 0.29) is 12.2 Å². The van der Waals surface area contributed by atoms with Crippen molar-refractivity contribution in [3.63, 3.8) is 0 Å². The van der Waals surface area contributed by atoms with Gasteiger partial charge in [0.15, 0.2) is 0 Å². The molecule has 0 aromatic heterocycles. The number of carbonyl (C=O) groups excluding carboxylic acids is 3. The minimum absolute atomic E-state index is 0.0893. The predicted molar refractivity (Wildman–Crippen MR) is 155 cm³/mol. The van der Waals surface area contributed by atoms with Gasteiger partial charge in [-0.3, -0.25) is 9.59 Å². The summed E-state index contributed by atoms with van der Waals surface area (Å²) < 4.78 is 11.4. The number of rotatable bonds is 7. The van der Waals surface area contributed by atoms with Crippen LogP contribution in [0.5, 0.6) is 11.5 Å². The molecular formula is C31H22Cl2N2O5. The fourth-order valence-corrected chi connectivity index (χ4v) is 4.64. The summed E-state index contributed by atoms with van der Waals surface area (Å²) in [5, 5.41) is 0.929. The molecule has 0 radical (unpaired) electrons. The Bertz CT molecular complexity index is 1560. The maximum Gasteiger partial charge on any atom is 0.343 e. The lowest BCUT2D eigenvalue weighted by Gasteiger charge is -2.34. The molecule has 4 aromatic carbocycles. The Morgan fingerprint density at radius 3 is 1.90 bits per heavy atom. The van der Waals surface area contributed by atoms with Gasteiger partial charge in [-0.2, -0.15) is 0 Å². The first-order chi connectivity index (χ1) is 19.4. The van der Waals surface area contributed by atoms with Gasteiger partial charge in [-0.1, -0.05) is 65.7 Å². The second-order valence-electron chi connectivity index (χ2n) is 8.72. The third-order valence-corrected chi connectivity index (χ3v) is 6.78. The van der Waals surface area contributed by atoms with Gasteiger partial charge in [0.25, 0.3) is 11.8 Å². The van der Waals surface area contributed by atoms with E-state index in [0.717, 1.165) is 9.80 Å². The van der Waals surface area contributed by atoms with E-state index in [4.69, 9.17) is 32.7 Å². The second-order valence-corrected chi connectivity index (χ2v) is 9.56. The lowest BCUT2D eigenvalue weighted by molar-refractivity contribution is -0.121. The number of methoxy groups -OCH3 is 1. The van der Waals surface area contributed by atoms with Crippen molar-refractivity contribution in [1.82, 2.24) is 0 Å². The van der Waals surface area contributed by atoms with Gasteiger partial charge in [-0.25, -0.2) is 14.6 Å². The molecule has 1 fully saturated rings. The van der Waals surface area contributed by atoms with Crippen LogP contribution in [0.2, 0.25) is 10.0 Å². The van der Waals surface area contributed by atoms with Crippen LogP contribution in [-0.4, -0.2) is 25.0 Å². The van der Waals surface area contributed by atoms with Crippen LogP contribution >= 0.6 is 23.2 Å². The number of ether oxygens (including phenoxy) is 2. The zero-order valence-corrected chi connectivity index (χ0v) is 22.7. The Hall–Kier alpha value is -4.59. The highest BCUT2D eigenvalue weighted by Crippen LogP contribution is 2.33. The molecule has 4 aromatic rings. The highest BCUT2D eigenvalue weighted by molar-refractivity contribution is 6.46. The summed E-state index contributed by atoms with van der Waals surface area (Å²) in [5.74, 6) is -0.660. The van der Waals surface area contributed by atoms with Crippen molar-refractivity contribution in [3.05, 3.63) is 124 Å². The Morgan fingerprint density at radius 1 is 0.750 bits per heavy atom. The SMILES string of the molecule is COc1ccc(C=C2C(=O)N(c3ccccc3)C(=O)N(c3ccccc3)C2=O)c(OCc2ccc(Cl)cc2Cl)c1. The molecule has 5 rings (SSSR count). The van der Waals surface area contributed by atoms with Crippen molar-refractivity contribution in [1.29, 1.82) is 0 Å². The zero-order valence-electron chi connectivity index (χ0n) is 21.2. The predicted octanol–water partition coefficient (Wildman–Crippen LogP) is 7.16. The summed E-state index contributed by atoms with van der Waals surface area (Å²) >= 11 is 12.3. The lowest BCUT2D eigenvalue weighted by atomic mass is 10.0. The van der Waals surface area contributed by atoms with Crippen LogP contribution < -0.4 is 19.3 Å². The van der Waals surface area contributed by atoms with Crippen molar-refractivity contribution in [2.24, 2.45) is 0 Å². The van der Waals surface area contributed by atoms with Crippen molar-refractivity contribution in [3.8, 4) is 11.5 Å². The molecule has 200 valence electrons. The van der Waals surface area contributed by atoms with Gasteiger partial charge < -0.3 is 9.47 Å². The number of hydrogen-bond acceptors (Lipinski definition) is 5. The number of halogens is 2. The maximum absolute atomic E-state index is 13.7. The number of barbiturate groups is 1. The molecule has 0 unspecified atom stereocenters. The lowest BCUT2D eigenvalue weighted by Crippen LogP contribution is -2.57. The Balaban J connectivity index is 1.58. The molecule has 1 aliphatic rings. The van der Waals surface area contributed by atoms with Crippen LogP contribution in [0.1, 0.15) is 11.1 Å². The molecule has 0 bridgehead atoms. The molecular weight excluding hydrogens is 551 g/mol. The molecule has 0 saturated carbocycles. The van der Waals surface area contributed by atoms with Crippen LogP contribution in [0.15, 0.2) is 103 Å². The first kappa shape index (κ1) is 27.0. The topological polar surface area (TPSA) is 76.2 Å². The van der Waals surface area contributed by atoms with Crippen molar-refractivity contribution < 1.29 is 23.9 Å². The van der Waals surface area contributed by atoms with E-state index in [1.54, 1.807) is 97.1 Å². The van der Waals surface area contributed by atoms with Crippen LogP contribution in [0.25, 0.3) is 6.08 Å². The molecule has 0 atom stereocenters. The number of amides is 4. The van der Waals surface area contributed by atoms with E-state index in [0.29, 0.717) is 44.0 Å². The van der Waals surface area contributed by atoms with E-state index < -0.39 is 17.8 Å². The summed E-state index contributed by atoms with van der Waals surface area (Å²) in [7, 11) is 1.52. The van der Waals surface area contributed by atoms with Crippen molar-refractivity contribution in [2.45, 2.75) is 6.61 Å². The normalized spacial score (nSPS) is 13.5. The number of urea groups is 1. The van der Waals surface area contributed by atoms with E-state index >= 15 is 0 Å². The largest absolute Gasteiger partial charge is 0.497 e. The molecule has 4 amide bonds. The van der Waals surface area contributed by atoms with Crippen LogP contribution in [-0.2, 0) is 16.2 Å². The second kappa shape index (κ2) is 11.7. The minimum Gasteiger partial charge on any atom is -0.497 e. The standard InChI is InChI=1S/C31H22Cl2N2O5/c1-39-25-15-13-20(28(18-25)40-19-21-12-14-22(32)17-27(21)33)16-26-29(36)34(23-8-4-2-5-9-23)31(38)35(30(26)37)24-10-6-3-7-11-24/h2-18H,19H2,1H3. The number of imide groups is 2. The van der Waals surface area contributed by atoms with Gasteiger partial charge in [0.05, 0.1) is 18.5 Å². The van der Waals surface area contributed by atoms with E-state index in [1.165, 1.54) is 13.2 Å². The molecule has 9 heteroatoms. The van der Waals surface area contributed by atoms with E-state index in [9.17, 15) is 14.4 Å². The highest BCUT2D eigenvalue weighted by Gasteiger charge is 2.43. The summed E-state index contributed by atoms with van der Waals surface area (Å²) in [6.45, 7) is 0.0893. The first-order valence-corrected chi connectivity index (χ1v) is 12.9.